The molecule has 0 N–H and O–H groups in total. The van der Waals surface area contributed by atoms with Gasteiger partial charge in [-0.3, -0.25) is 19.6 Å². The molecule has 2 aliphatic heterocycles. The highest BCUT2D eigenvalue weighted by Crippen LogP contribution is 2.30. The van der Waals surface area contributed by atoms with E-state index in [9.17, 15) is 18.0 Å². The fourth-order valence-electron chi connectivity index (χ4n) is 5.96. The van der Waals surface area contributed by atoms with E-state index >= 15 is 0 Å². The number of pyridine rings is 2. The van der Waals surface area contributed by atoms with Crippen LogP contribution in [-0.2, 0) is 19.3 Å². The third-order valence-corrected chi connectivity index (χ3v) is 8.48. The number of alkyl halides is 3. The Kier molecular flexibility index (Phi) is 8.00. The maximum atomic E-state index is 13.3. The zero-order valence-corrected chi connectivity index (χ0v) is 23.7. The van der Waals surface area contributed by atoms with Crippen molar-refractivity contribution < 1.29 is 18.0 Å². The van der Waals surface area contributed by atoms with Gasteiger partial charge in [0, 0.05) is 63.6 Å². The highest BCUT2D eigenvalue weighted by molar-refractivity contribution is 5.93. The molecule has 0 unspecified atom stereocenters. The van der Waals surface area contributed by atoms with Crippen molar-refractivity contribution in [2.45, 2.75) is 44.9 Å². The van der Waals surface area contributed by atoms with Gasteiger partial charge in [-0.25, -0.2) is 4.98 Å². The SMILES string of the molecule is Cc1ccc(CN2CCC(c3ccc4nc(C(=O)N5CCN(Cc6ccc(C(F)(F)F)cc6)CC5)cn4c3)CC2)cn1. The first-order valence-corrected chi connectivity index (χ1v) is 14.5. The molecule has 1 aromatic carbocycles. The van der Waals surface area contributed by atoms with E-state index in [0.29, 0.717) is 44.3 Å². The van der Waals surface area contributed by atoms with Crippen LogP contribution in [0.2, 0.25) is 0 Å². The zero-order valence-electron chi connectivity index (χ0n) is 23.7. The minimum atomic E-state index is -4.33. The lowest BCUT2D eigenvalue weighted by molar-refractivity contribution is -0.137. The van der Waals surface area contributed by atoms with Gasteiger partial charge in [-0.15, -0.1) is 0 Å². The van der Waals surface area contributed by atoms with E-state index in [0.717, 1.165) is 61.5 Å². The average Bonchev–Trinajstić information content (AvgIpc) is 3.42. The van der Waals surface area contributed by atoms with Crippen molar-refractivity contribution in [3.63, 3.8) is 0 Å². The number of aromatic nitrogens is 3. The Labute approximate surface area is 243 Å². The van der Waals surface area contributed by atoms with Crippen LogP contribution in [-0.4, -0.2) is 74.2 Å². The summed E-state index contributed by atoms with van der Waals surface area (Å²) in [5.41, 5.74) is 4.93. The average molecular weight is 577 g/mol. The molecule has 0 saturated carbocycles. The molecule has 4 aromatic rings. The molecule has 2 aliphatic rings. The first kappa shape index (κ1) is 28.4. The number of hydrogen-bond donors (Lipinski definition) is 0. The second kappa shape index (κ2) is 11.9. The smallest absolute Gasteiger partial charge is 0.335 e. The van der Waals surface area contributed by atoms with Crippen molar-refractivity contribution in [2.24, 2.45) is 0 Å². The number of amides is 1. The second-order valence-corrected chi connectivity index (χ2v) is 11.5. The number of fused-ring (bicyclic) bond motifs is 1. The van der Waals surface area contributed by atoms with Gasteiger partial charge in [-0.1, -0.05) is 24.3 Å². The largest absolute Gasteiger partial charge is 0.416 e. The molecule has 2 fully saturated rings. The summed E-state index contributed by atoms with van der Waals surface area (Å²) < 4.78 is 40.5. The molecule has 220 valence electrons. The number of aryl methyl sites for hydroxylation is 1. The van der Waals surface area contributed by atoms with Crippen LogP contribution in [0.3, 0.4) is 0 Å². The van der Waals surface area contributed by atoms with Crippen molar-refractivity contribution in [2.75, 3.05) is 39.3 Å². The van der Waals surface area contributed by atoms with Crippen LogP contribution in [0.1, 0.15) is 57.2 Å². The van der Waals surface area contributed by atoms with Crippen LogP contribution in [0.15, 0.2) is 67.1 Å². The fraction of sp³-hybridized carbons (Fsp3) is 0.406. The molecule has 1 amide bonds. The molecular weight excluding hydrogens is 541 g/mol. The van der Waals surface area contributed by atoms with Gasteiger partial charge in [-0.05, 0) is 79.7 Å². The minimum absolute atomic E-state index is 0.0895. The summed E-state index contributed by atoms with van der Waals surface area (Å²) in [5.74, 6) is 0.384. The molecule has 3 aromatic heterocycles. The molecule has 0 aliphatic carbocycles. The summed E-state index contributed by atoms with van der Waals surface area (Å²) in [6, 6.07) is 13.7. The van der Waals surface area contributed by atoms with Crippen LogP contribution in [0, 0.1) is 6.92 Å². The van der Waals surface area contributed by atoms with Crippen molar-refractivity contribution in [3.8, 4) is 0 Å². The molecular formula is C32H35F3N6O. The number of hydrogen-bond acceptors (Lipinski definition) is 5. The van der Waals surface area contributed by atoms with Crippen LogP contribution >= 0.6 is 0 Å². The Morgan fingerprint density at radius 2 is 1.50 bits per heavy atom. The van der Waals surface area contributed by atoms with Gasteiger partial charge in [0.05, 0.1) is 5.56 Å². The summed E-state index contributed by atoms with van der Waals surface area (Å²) in [5, 5.41) is 0. The molecule has 0 bridgehead atoms. The minimum Gasteiger partial charge on any atom is -0.335 e. The highest BCUT2D eigenvalue weighted by Gasteiger charge is 2.30. The summed E-state index contributed by atoms with van der Waals surface area (Å²) in [6.45, 7) is 7.97. The van der Waals surface area contributed by atoms with E-state index in [1.54, 1.807) is 0 Å². The Balaban J connectivity index is 1.02. The summed E-state index contributed by atoms with van der Waals surface area (Å²) in [4.78, 5) is 28.7. The monoisotopic (exact) mass is 576 g/mol. The first-order valence-electron chi connectivity index (χ1n) is 14.5. The van der Waals surface area contributed by atoms with E-state index < -0.39 is 11.7 Å². The normalized spacial score (nSPS) is 17.7. The maximum Gasteiger partial charge on any atom is 0.416 e. The number of rotatable bonds is 6. The number of carbonyl (C=O) groups excluding carboxylic acids is 1. The van der Waals surface area contributed by atoms with Gasteiger partial charge in [0.2, 0.25) is 0 Å². The lowest BCUT2D eigenvalue weighted by Crippen LogP contribution is -2.48. The predicted molar refractivity (Wildman–Crippen MR) is 154 cm³/mol. The van der Waals surface area contributed by atoms with E-state index in [4.69, 9.17) is 0 Å². The van der Waals surface area contributed by atoms with Crippen molar-refractivity contribution in [1.29, 1.82) is 0 Å². The van der Waals surface area contributed by atoms with E-state index in [-0.39, 0.29) is 5.91 Å². The lowest BCUT2D eigenvalue weighted by Gasteiger charge is -2.34. The van der Waals surface area contributed by atoms with Gasteiger partial charge in [0.1, 0.15) is 11.3 Å². The van der Waals surface area contributed by atoms with Crippen molar-refractivity contribution >= 4 is 11.6 Å². The Morgan fingerprint density at radius 1 is 0.833 bits per heavy atom. The third kappa shape index (κ3) is 6.50. The number of nitrogens with zero attached hydrogens (tertiary/aromatic N) is 6. The molecule has 6 rings (SSSR count). The maximum absolute atomic E-state index is 13.3. The van der Waals surface area contributed by atoms with Gasteiger partial charge in [0.15, 0.2) is 0 Å². The molecule has 10 heteroatoms. The van der Waals surface area contributed by atoms with E-state index in [1.165, 1.54) is 23.3 Å². The standard InChI is InChI=1S/C32H35F3N6O/c1-23-2-3-25(18-36-23)20-38-12-10-26(11-13-38)27-6-9-30-37-29(22-41(30)21-27)31(42)40-16-14-39(15-17-40)19-24-4-7-28(8-5-24)32(33,34)35/h2-9,18,21-22,26H,10-17,19-20H2,1H3. The zero-order chi connectivity index (χ0) is 29.3. The van der Waals surface area contributed by atoms with Crippen LogP contribution in [0.5, 0.6) is 0 Å². The Hall–Kier alpha value is -3.76. The van der Waals surface area contributed by atoms with Gasteiger partial charge in [-0.2, -0.15) is 13.2 Å². The number of piperidine rings is 1. The quantitative estimate of drug-likeness (QED) is 0.308. The number of benzene rings is 1. The molecule has 7 nitrogen and oxygen atoms in total. The van der Waals surface area contributed by atoms with Crippen LogP contribution in [0.4, 0.5) is 13.2 Å². The van der Waals surface area contributed by atoms with Crippen molar-refractivity contribution in [1.82, 2.24) is 29.1 Å². The van der Waals surface area contributed by atoms with Crippen LogP contribution in [0.25, 0.3) is 5.65 Å². The summed E-state index contributed by atoms with van der Waals surface area (Å²) >= 11 is 0. The number of likely N-dealkylation sites (tertiary alicyclic amines) is 1. The Bertz CT molecular complexity index is 1520. The molecule has 0 atom stereocenters. The number of imidazole rings is 1. The van der Waals surface area contributed by atoms with Gasteiger partial charge < -0.3 is 9.30 Å². The van der Waals surface area contributed by atoms with Crippen LogP contribution < -0.4 is 0 Å². The summed E-state index contributed by atoms with van der Waals surface area (Å²) in [7, 11) is 0. The van der Waals surface area contributed by atoms with Gasteiger partial charge in [0.25, 0.3) is 5.91 Å². The molecule has 0 radical (unpaired) electrons. The third-order valence-electron chi connectivity index (χ3n) is 8.48. The number of piperazine rings is 1. The topological polar surface area (TPSA) is 57.0 Å². The Morgan fingerprint density at radius 3 is 2.17 bits per heavy atom. The predicted octanol–water partition coefficient (Wildman–Crippen LogP) is 5.39. The number of halogens is 3. The molecule has 42 heavy (non-hydrogen) atoms. The van der Waals surface area contributed by atoms with E-state index in [2.05, 4.69) is 44.2 Å². The summed E-state index contributed by atoms with van der Waals surface area (Å²) in [6.07, 6.45) is 3.75. The highest BCUT2D eigenvalue weighted by atomic mass is 19.4. The first-order chi connectivity index (χ1) is 20.2. The fourth-order valence-corrected chi connectivity index (χ4v) is 5.96. The van der Waals surface area contributed by atoms with Gasteiger partial charge >= 0.3 is 6.18 Å². The molecule has 0 spiro atoms. The second-order valence-electron chi connectivity index (χ2n) is 11.5. The molecule has 5 heterocycles. The van der Waals surface area contributed by atoms with E-state index in [1.807, 2.05) is 34.7 Å². The molecule has 2 saturated heterocycles. The number of carbonyl (C=O) groups is 1. The van der Waals surface area contributed by atoms with Crippen molar-refractivity contribution in [3.05, 3.63) is 101 Å². The lowest BCUT2D eigenvalue weighted by atomic mass is 9.90.